The number of nitrogens with zero attached hydrogens (tertiary/aromatic N) is 1. The van der Waals surface area contributed by atoms with E-state index >= 15 is 0 Å². The van der Waals surface area contributed by atoms with E-state index in [2.05, 4.69) is 66.1 Å². The summed E-state index contributed by atoms with van der Waals surface area (Å²) in [5.41, 5.74) is 5.22. The molecule has 0 spiro atoms. The molecule has 0 aliphatic heterocycles. The standard InChI is InChI=1S/C22H23NO/c1-2-23-20-14-7-6-13-19(20)21(17-11-8-12-18(24)15-17)22(23)16-9-4-3-5-10-16/h3-7,9-10,13-14,17H,2,8,11-12,15H2,1H3. The number of ketones is 1. The molecule has 122 valence electrons. The van der Waals surface area contributed by atoms with Gasteiger partial charge in [0.2, 0.25) is 0 Å². The van der Waals surface area contributed by atoms with Crippen molar-refractivity contribution in [3.8, 4) is 11.3 Å². The van der Waals surface area contributed by atoms with E-state index in [0.29, 0.717) is 18.1 Å². The number of para-hydroxylation sites is 1. The molecule has 1 atom stereocenters. The fourth-order valence-electron chi connectivity index (χ4n) is 4.25. The maximum Gasteiger partial charge on any atom is 0.133 e. The Balaban J connectivity index is 2.01. The van der Waals surface area contributed by atoms with Crippen molar-refractivity contribution in [1.82, 2.24) is 4.57 Å². The van der Waals surface area contributed by atoms with Crippen LogP contribution in [0.4, 0.5) is 0 Å². The van der Waals surface area contributed by atoms with Gasteiger partial charge in [0.1, 0.15) is 5.78 Å². The third kappa shape index (κ3) is 2.47. The second-order valence-corrected chi connectivity index (χ2v) is 6.72. The molecular weight excluding hydrogens is 294 g/mol. The lowest BCUT2D eigenvalue weighted by Crippen LogP contribution is -2.14. The van der Waals surface area contributed by atoms with Crippen LogP contribution in [0.2, 0.25) is 0 Å². The van der Waals surface area contributed by atoms with Gasteiger partial charge in [0.05, 0.1) is 5.69 Å². The molecule has 1 unspecified atom stereocenters. The molecule has 2 aromatic carbocycles. The Morgan fingerprint density at radius 3 is 2.54 bits per heavy atom. The first-order valence-corrected chi connectivity index (χ1v) is 8.97. The van der Waals surface area contributed by atoms with Gasteiger partial charge in [-0.05, 0) is 42.9 Å². The van der Waals surface area contributed by atoms with Crippen molar-refractivity contribution in [2.24, 2.45) is 0 Å². The highest BCUT2D eigenvalue weighted by atomic mass is 16.1. The Morgan fingerprint density at radius 2 is 1.79 bits per heavy atom. The summed E-state index contributed by atoms with van der Waals surface area (Å²) in [5.74, 6) is 0.762. The third-order valence-electron chi connectivity index (χ3n) is 5.26. The van der Waals surface area contributed by atoms with Gasteiger partial charge in [0.25, 0.3) is 0 Å². The molecule has 1 fully saturated rings. The van der Waals surface area contributed by atoms with Crippen molar-refractivity contribution in [3.63, 3.8) is 0 Å². The first-order valence-electron chi connectivity index (χ1n) is 8.97. The normalized spacial score (nSPS) is 18.2. The molecule has 0 saturated heterocycles. The lowest BCUT2D eigenvalue weighted by atomic mass is 9.81. The molecule has 3 aromatic rings. The summed E-state index contributed by atoms with van der Waals surface area (Å²) in [5, 5.41) is 1.32. The van der Waals surface area contributed by atoms with Gasteiger partial charge in [-0.15, -0.1) is 0 Å². The second kappa shape index (κ2) is 6.27. The summed E-state index contributed by atoms with van der Waals surface area (Å²) < 4.78 is 2.42. The summed E-state index contributed by atoms with van der Waals surface area (Å²) in [6.45, 7) is 3.14. The van der Waals surface area contributed by atoms with Crippen LogP contribution < -0.4 is 0 Å². The molecule has 1 saturated carbocycles. The van der Waals surface area contributed by atoms with Crippen LogP contribution in [-0.4, -0.2) is 10.4 Å². The van der Waals surface area contributed by atoms with Crippen molar-refractivity contribution in [2.75, 3.05) is 0 Å². The predicted octanol–water partition coefficient (Wildman–Crippen LogP) is 5.55. The van der Waals surface area contributed by atoms with Crippen molar-refractivity contribution in [1.29, 1.82) is 0 Å². The van der Waals surface area contributed by atoms with E-state index in [0.717, 1.165) is 25.8 Å². The minimum absolute atomic E-state index is 0.346. The summed E-state index contributed by atoms with van der Waals surface area (Å²) >= 11 is 0. The van der Waals surface area contributed by atoms with Gasteiger partial charge in [-0.25, -0.2) is 0 Å². The number of hydrogen-bond acceptors (Lipinski definition) is 1. The molecule has 4 rings (SSSR count). The highest BCUT2D eigenvalue weighted by molar-refractivity contribution is 5.93. The Labute approximate surface area is 143 Å². The minimum Gasteiger partial charge on any atom is -0.341 e. The zero-order valence-electron chi connectivity index (χ0n) is 14.2. The number of fused-ring (bicyclic) bond motifs is 1. The molecule has 1 aromatic heterocycles. The average molecular weight is 317 g/mol. The van der Waals surface area contributed by atoms with Crippen LogP contribution in [-0.2, 0) is 11.3 Å². The van der Waals surface area contributed by atoms with Crippen molar-refractivity contribution >= 4 is 16.7 Å². The number of aryl methyl sites for hydroxylation is 1. The fraction of sp³-hybridized carbons (Fsp3) is 0.318. The average Bonchev–Trinajstić information content (AvgIpc) is 2.97. The zero-order chi connectivity index (χ0) is 16.5. The molecule has 0 radical (unpaired) electrons. The van der Waals surface area contributed by atoms with Crippen molar-refractivity contribution < 1.29 is 4.79 Å². The lowest BCUT2D eigenvalue weighted by Gasteiger charge is -2.23. The van der Waals surface area contributed by atoms with Gasteiger partial charge in [-0.1, -0.05) is 48.5 Å². The highest BCUT2D eigenvalue weighted by Crippen LogP contribution is 2.43. The smallest absolute Gasteiger partial charge is 0.133 e. The number of hydrogen-bond donors (Lipinski definition) is 0. The van der Waals surface area contributed by atoms with Crippen molar-refractivity contribution in [2.45, 2.75) is 45.1 Å². The van der Waals surface area contributed by atoms with E-state index in [9.17, 15) is 4.79 Å². The Kier molecular flexibility index (Phi) is 3.97. The molecule has 2 nitrogen and oxygen atoms in total. The fourth-order valence-corrected chi connectivity index (χ4v) is 4.25. The van der Waals surface area contributed by atoms with Gasteiger partial charge in [-0.3, -0.25) is 4.79 Å². The number of aromatic nitrogens is 1. The van der Waals surface area contributed by atoms with E-state index in [-0.39, 0.29) is 0 Å². The molecule has 0 bridgehead atoms. The predicted molar refractivity (Wildman–Crippen MR) is 99.3 cm³/mol. The van der Waals surface area contributed by atoms with E-state index in [1.54, 1.807) is 0 Å². The summed E-state index contributed by atoms with van der Waals surface area (Å²) in [6.07, 6.45) is 3.58. The first-order chi connectivity index (χ1) is 11.8. The SMILES string of the molecule is CCn1c(-c2ccccc2)c(C2CCCC(=O)C2)c2ccccc21. The molecule has 1 heterocycles. The lowest BCUT2D eigenvalue weighted by molar-refractivity contribution is -0.120. The van der Waals surface area contributed by atoms with Gasteiger partial charge >= 0.3 is 0 Å². The van der Waals surface area contributed by atoms with Crippen LogP contribution in [0.1, 0.15) is 44.1 Å². The van der Waals surface area contributed by atoms with Crippen LogP contribution in [0.5, 0.6) is 0 Å². The summed E-state index contributed by atoms with van der Waals surface area (Å²) in [7, 11) is 0. The molecule has 0 N–H and O–H groups in total. The van der Waals surface area contributed by atoms with E-state index in [1.807, 2.05) is 0 Å². The molecule has 24 heavy (non-hydrogen) atoms. The monoisotopic (exact) mass is 317 g/mol. The molecule has 1 aliphatic carbocycles. The maximum atomic E-state index is 12.1. The van der Waals surface area contributed by atoms with Gasteiger partial charge in [0, 0.05) is 30.3 Å². The van der Waals surface area contributed by atoms with E-state index in [1.165, 1.54) is 27.7 Å². The van der Waals surface area contributed by atoms with Crippen LogP contribution in [0, 0.1) is 0 Å². The topological polar surface area (TPSA) is 22.0 Å². The Bertz CT molecular complexity index is 876. The molecule has 2 heteroatoms. The van der Waals surface area contributed by atoms with E-state index in [4.69, 9.17) is 0 Å². The number of carbonyl (C=O) groups excluding carboxylic acids is 1. The second-order valence-electron chi connectivity index (χ2n) is 6.72. The number of benzene rings is 2. The molecule has 1 aliphatic rings. The van der Waals surface area contributed by atoms with Gasteiger partial charge in [0.15, 0.2) is 0 Å². The Hall–Kier alpha value is -2.35. The zero-order valence-corrected chi connectivity index (χ0v) is 14.2. The summed E-state index contributed by atoms with van der Waals surface area (Å²) in [4.78, 5) is 12.1. The quantitative estimate of drug-likeness (QED) is 0.620. The third-order valence-corrected chi connectivity index (χ3v) is 5.26. The Morgan fingerprint density at radius 1 is 1.04 bits per heavy atom. The van der Waals surface area contributed by atoms with Crippen molar-refractivity contribution in [3.05, 3.63) is 60.2 Å². The van der Waals surface area contributed by atoms with Crippen LogP contribution >= 0.6 is 0 Å². The van der Waals surface area contributed by atoms with E-state index < -0.39 is 0 Å². The molecule has 0 amide bonds. The summed E-state index contributed by atoms with van der Waals surface area (Å²) in [6, 6.07) is 19.3. The van der Waals surface area contributed by atoms with Crippen LogP contribution in [0.3, 0.4) is 0 Å². The molecular formula is C22H23NO. The highest BCUT2D eigenvalue weighted by Gasteiger charge is 2.28. The maximum absolute atomic E-state index is 12.1. The van der Waals surface area contributed by atoms with Crippen LogP contribution in [0.15, 0.2) is 54.6 Å². The number of Topliss-reactive ketones (excluding diaryl/α,β-unsaturated/α-hetero) is 1. The van der Waals surface area contributed by atoms with Gasteiger partial charge < -0.3 is 4.57 Å². The largest absolute Gasteiger partial charge is 0.341 e. The van der Waals surface area contributed by atoms with Crippen LogP contribution in [0.25, 0.3) is 22.2 Å². The first kappa shape index (κ1) is 15.2. The minimum atomic E-state index is 0.346. The van der Waals surface area contributed by atoms with Gasteiger partial charge in [-0.2, -0.15) is 0 Å². The number of carbonyl (C=O) groups is 1. The number of rotatable bonds is 3.